The Kier molecular flexibility index (Phi) is 3.81. The van der Waals surface area contributed by atoms with Crippen LogP contribution in [0.4, 0.5) is 0 Å². The summed E-state index contributed by atoms with van der Waals surface area (Å²) in [5, 5.41) is 9.40. The number of rotatable bonds is 3. The molecular weight excluding hydrogens is 248 g/mol. The molecule has 90 valence electrons. The van der Waals surface area contributed by atoms with Crippen LogP contribution in [0.3, 0.4) is 0 Å². The summed E-state index contributed by atoms with van der Waals surface area (Å²) in [5.74, 6) is 0.748. The Balaban J connectivity index is 2.11. The summed E-state index contributed by atoms with van der Waals surface area (Å²) in [5.41, 5.74) is 2.31. The quantitative estimate of drug-likeness (QED) is 0.847. The summed E-state index contributed by atoms with van der Waals surface area (Å²) in [7, 11) is 0. The summed E-state index contributed by atoms with van der Waals surface area (Å²) in [6.07, 6.45) is 1.60. The normalized spacial score (nSPS) is 9.83. The molecule has 0 spiro atoms. The molecule has 0 saturated heterocycles. The van der Waals surface area contributed by atoms with E-state index in [0.717, 1.165) is 16.9 Å². The molecule has 0 aliphatic rings. The first-order valence-electron chi connectivity index (χ1n) is 5.43. The third-order valence-electron chi connectivity index (χ3n) is 2.48. The Labute approximate surface area is 111 Å². The van der Waals surface area contributed by atoms with E-state index < -0.39 is 0 Å². The van der Waals surface area contributed by atoms with E-state index in [0.29, 0.717) is 17.3 Å². The van der Waals surface area contributed by atoms with E-state index in [1.807, 2.05) is 31.2 Å². The van der Waals surface area contributed by atoms with Gasteiger partial charge < -0.3 is 4.74 Å². The lowest BCUT2D eigenvalue weighted by molar-refractivity contribution is 0.304. The number of halogens is 1. The van der Waals surface area contributed by atoms with E-state index in [2.05, 4.69) is 4.98 Å². The molecule has 1 aromatic carbocycles. The van der Waals surface area contributed by atoms with E-state index in [9.17, 15) is 0 Å². The number of pyridine rings is 1. The largest absolute Gasteiger partial charge is 0.489 e. The monoisotopic (exact) mass is 258 g/mol. The van der Waals surface area contributed by atoms with Gasteiger partial charge in [0.15, 0.2) is 0 Å². The van der Waals surface area contributed by atoms with Crippen LogP contribution >= 0.6 is 11.6 Å². The lowest BCUT2D eigenvalue weighted by atomic mass is 10.2. The van der Waals surface area contributed by atoms with Crippen molar-refractivity contribution in [2.45, 2.75) is 13.5 Å². The summed E-state index contributed by atoms with van der Waals surface area (Å²) >= 11 is 5.91. The molecule has 0 N–H and O–H groups in total. The maximum Gasteiger partial charge on any atom is 0.140 e. The highest BCUT2D eigenvalue weighted by Gasteiger charge is 2.02. The maximum absolute atomic E-state index is 8.76. The number of aryl methyl sites for hydroxylation is 1. The summed E-state index contributed by atoms with van der Waals surface area (Å²) in [4.78, 5) is 3.91. The minimum absolute atomic E-state index is 0.387. The molecule has 0 unspecified atom stereocenters. The molecule has 0 aliphatic carbocycles. The predicted octanol–water partition coefficient (Wildman–Crippen LogP) is 3.49. The lowest BCUT2D eigenvalue weighted by Gasteiger charge is -2.09. The number of hydrogen-bond acceptors (Lipinski definition) is 3. The molecule has 0 bridgehead atoms. The molecule has 0 atom stereocenters. The van der Waals surface area contributed by atoms with Crippen molar-refractivity contribution in [1.82, 2.24) is 4.98 Å². The molecular formula is C14H11ClN2O. The van der Waals surface area contributed by atoms with E-state index >= 15 is 0 Å². The summed E-state index contributed by atoms with van der Waals surface area (Å²) < 4.78 is 5.68. The van der Waals surface area contributed by atoms with Crippen molar-refractivity contribution in [2.24, 2.45) is 0 Å². The molecule has 0 aliphatic heterocycles. The molecule has 2 rings (SSSR count). The predicted molar refractivity (Wildman–Crippen MR) is 69.5 cm³/mol. The number of ether oxygens (including phenoxy) is 1. The van der Waals surface area contributed by atoms with Gasteiger partial charge in [-0.2, -0.15) is 5.26 Å². The third kappa shape index (κ3) is 2.99. The molecule has 2 aromatic rings. The van der Waals surface area contributed by atoms with Gasteiger partial charge >= 0.3 is 0 Å². The van der Waals surface area contributed by atoms with Crippen LogP contribution < -0.4 is 4.74 Å². The number of nitrogens with zero attached hydrogens (tertiary/aromatic N) is 2. The highest BCUT2D eigenvalue weighted by Crippen LogP contribution is 2.23. The molecule has 0 saturated carbocycles. The minimum atomic E-state index is 0.387. The van der Waals surface area contributed by atoms with Gasteiger partial charge in [0.05, 0.1) is 0 Å². The molecule has 1 aromatic heterocycles. The molecule has 0 amide bonds. The van der Waals surface area contributed by atoms with Crippen molar-refractivity contribution < 1.29 is 4.74 Å². The van der Waals surface area contributed by atoms with Gasteiger partial charge in [0.25, 0.3) is 0 Å². The number of benzene rings is 1. The zero-order chi connectivity index (χ0) is 13.0. The number of aromatic nitrogens is 1. The number of nitriles is 1. The second-order valence-corrected chi connectivity index (χ2v) is 4.30. The first-order valence-corrected chi connectivity index (χ1v) is 5.81. The summed E-state index contributed by atoms with van der Waals surface area (Å²) in [6, 6.07) is 11.0. The van der Waals surface area contributed by atoms with E-state index in [-0.39, 0.29) is 0 Å². The van der Waals surface area contributed by atoms with Crippen molar-refractivity contribution in [1.29, 1.82) is 5.26 Å². The molecule has 4 heteroatoms. The lowest BCUT2D eigenvalue weighted by Crippen LogP contribution is -1.98. The highest BCUT2D eigenvalue weighted by molar-refractivity contribution is 6.30. The maximum atomic E-state index is 8.76. The van der Waals surface area contributed by atoms with E-state index in [1.165, 1.54) is 0 Å². The number of hydrogen-bond donors (Lipinski definition) is 0. The average Bonchev–Trinajstić information content (AvgIpc) is 2.40. The fourth-order valence-corrected chi connectivity index (χ4v) is 1.68. The van der Waals surface area contributed by atoms with Crippen molar-refractivity contribution in [2.75, 3.05) is 0 Å². The zero-order valence-corrected chi connectivity index (χ0v) is 10.6. The highest BCUT2D eigenvalue weighted by atomic mass is 35.5. The Bertz CT molecular complexity index is 605. The minimum Gasteiger partial charge on any atom is -0.489 e. The molecule has 3 nitrogen and oxygen atoms in total. The SMILES string of the molecule is Cc1ccc(Cl)cc1OCc1ccnc(C#N)c1. The van der Waals surface area contributed by atoms with Crippen LogP contribution in [-0.4, -0.2) is 4.98 Å². The van der Waals surface area contributed by atoms with Gasteiger partial charge in [-0.05, 0) is 42.3 Å². The molecule has 0 fully saturated rings. The first kappa shape index (κ1) is 12.4. The van der Waals surface area contributed by atoms with Crippen LogP contribution in [0.15, 0.2) is 36.5 Å². The van der Waals surface area contributed by atoms with Gasteiger partial charge in [0.2, 0.25) is 0 Å². The second kappa shape index (κ2) is 5.52. The zero-order valence-electron chi connectivity index (χ0n) is 9.85. The standard InChI is InChI=1S/C14H11ClN2O/c1-10-2-3-12(15)7-14(10)18-9-11-4-5-17-13(6-11)8-16/h2-7H,9H2,1H3. The fourth-order valence-electron chi connectivity index (χ4n) is 1.52. The van der Waals surface area contributed by atoms with Gasteiger partial charge in [-0.1, -0.05) is 17.7 Å². The first-order chi connectivity index (χ1) is 8.69. The Morgan fingerprint density at radius 1 is 1.33 bits per heavy atom. The fraction of sp³-hybridized carbons (Fsp3) is 0.143. The van der Waals surface area contributed by atoms with Crippen molar-refractivity contribution in [3.05, 3.63) is 58.4 Å². The van der Waals surface area contributed by atoms with Gasteiger partial charge in [-0.25, -0.2) is 4.98 Å². The van der Waals surface area contributed by atoms with Crippen molar-refractivity contribution in [3.63, 3.8) is 0 Å². The van der Waals surface area contributed by atoms with Gasteiger partial charge in [-0.15, -0.1) is 0 Å². The van der Waals surface area contributed by atoms with Crippen LogP contribution in [0, 0.1) is 18.3 Å². The topological polar surface area (TPSA) is 45.9 Å². The van der Waals surface area contributed by atoms with Crippen molar-refractivity contribution >= 4 is 11.6 Å². The van der Waals surface area contributed by atoms with Crippen LogP contribution in [0.1, 0.15) is 16.8 Å². The smallest absolute Gasteiger partial charge is 0.140 e. The molecule has 0 radical (unpaired) electrons. The second-order valence-electron chi connectivity index (χ2n) is 3.86. The Hall–Kier alpha value is -2.05. The van der Waals surface area contributed by atoms with E-state index in [4.69, 9.17) is 21.6 Å². The summed E-state index contributed by atoms with van der Waals surface area (Å²) in [6.45, 7) is 2.34. The average molecular weight is 259 g/mol. The van der Waals surface area contributed by atoms with Crippen molar-refractivity contribution in [3.8, 4) is 11.8 Å². The third-order valence-corrected chi connectivity index (χ3v) is 2.72. The Morgan fingerprint density at radius 2 is 2.17 bits per heavy atom. The molecule has 1 heterocycles. The van der Waals surface area contributed by atoms with Crippen LogP contribution in [0.5, 0.6) is 5.75 Å². The van der Waals surface area contributed by atoms with Crippen LogP contribution in [0.25, 0.3) is 0 Å². The van der Waals surface area contributed by atoms with Gasteiger partial charge in [0.1, 0.15) is 24.1 Å². The van der Waals surface area contributed by atoms with Crippen LogP contribution in [0.2, 0.25) is 5.02 Å². The van der Waals surface area contributed by atoms with Crippen LogP contribution in [-0.2, 0) is 6.61 Å². The van der Waals surface area contributed by atoms with Gasteiger partial charge in [0, 0.05) is 11.2 Å². The van der Waals surface area contributed by atoms with E-state index in [1.54, 1.807) is 18.3 Å². The Morgan fingerprint density at radius 3 is 2.94 bits per heavy atom. The molecule has 18 heavy (non-hydrogen) atoms. The van der Waals surface area contributed by atoms with Gasteiger partial charge in [-0.3, -0.25) is 0 Å².